The molecule has 0 amide bonds. The van der Waals surface area contributed by atoms with Crippen LogP contribution >= 0.6 is 0 Å². The topological polar surface area (TPSA) is 73.3 Å². The van der Waals surface area contributed by atoms with Crippen LogP contribution in [0.25, 0.3) is 11.0 Å². The van der Waals surface area contributed by atoms with Crippen LogP contribution in [0.5, 0.6) is 0 Å². The Morgan fingerprint density at radius 2 is 1.94 bits per heavy atom. The molecule has 88 valence electrons. The molecule has 0 spiro atoms. The number of carbonyl (C=O) groups excluding carboxylic acids is 1. The van der Waals surface area contributed by atoms with Crippen LogP contribution in [0, 0.1) is 13.8 Å². The standard InChI is InChI=1S/C13H13NO3/c1-7-5-10-11(6-8(7)2)17-13(14)9(3-4-15)12(10)16/h4-6H,3,14H2,1-2H3. The first-order valence-electron chi connectivity index (χ1n) is 5.30. The van der Waals surface area contributed by atoms with Gasteiger partial charge in [0.05, 0.1) is 10.9 Å². The molecule has 17 heavy (non-hydrogen) atoms. The van der Waals surface area contributed by atoms with Crippen LogP contribution in [-0.4, -0.2) is 6.29 Å². The van der Waals surface area contributed by atoms with Gasteiger partial charge in [-0.25, -0.2) is 0 Å². The molecule has 1 aromatic carbocycles. The molecule has 0 aliphatic carbocycles. The van der Waals surface area contributed by atoms with Gasteiger partial charge in [-0.3, -0.25) is 4.79 Å². The highest BCUT2D eigenvalue weighted by atomic mass is 16.3. The monoisotopic (exact) mass is 231 g/mol. The fourth-order valence-corrected chi connectivity index (χ4v) is 1.78. The first-order valence-corrected chi connectivity index (χ1v) is 5.30. The maximum Gasteiger partial charge on any atom is 0.198 e. The summed E-state index contributed by atoms with van der Waals surface area (Å²) in [7, 11) is 0. The minimum Gasteiger partial charge on any atom is -0.440 e. The van der Waals surface area contributed by atoms with Crippen LogP contribution in [0.2, 0.25) is 0 Å². The van der Waals surface area contributed by atoms with Gasteiger partial charge < -0.3 is 14.9 Å². The van der Waals surface area contributed by atoms with Gasteiger partial charge in [0.2, 0.25) is 0 Å². The molecular formula is C13H13NO3. The maximum absolute atomic E-state index is 12.1. The van der Waals surface area contributed by atoms with E-state index < -0.39 is 0 Å². The van der Waals surface area contributed by atoms with Gasteiger partial charge in [-0.15, -0.1) is 0 Å². The van der Waals surface area contributed by atoms with E-state index in [-0.39, 0.29) is 23.3 Å². The van der Waals surface area contributed by atoms with E-state index in [1.54, 1.807) is 12.1 Å². The Hall–Kier alpha value is -2.10. The van der Waals surface area contributed by atoms with E-state index >= 15 is 0 Å². The highest BCUT2D eigenvalue weighted by Crippen LogP contribution is 2.21. The first-order chi connectivity index (χ1) is 8.04. The Morgan fingerprint density at radius 1 is 1.29 bits per heavy atom. The summed E-state index contributed by atoms with van der Waals surface area (Å²) >= 11 is 0. The van der Waals surface area contributed by atoms with Crippen molar-refractivity contribution in [2.75, 3.05) is 5.73 Å². The molecule has 0 unspecified atom stereocenters. The lowest BCUT2D eigenvalue weighted by Gasteiger charge is -2.06. The summed E-state index contributed by atoms with van der Waals surface area (Å²) in [4.78, 5) is 22.6. The summed E-state index contributed by atoms with van der Waals surface area (Å²) in [5, 5.41) is 0.471. The molecule has 1 heterocycles. The van der Waals surface area contributed by atoms with E-state index in [0.29, 0.717) is 17.3 Å². The molecule has 0 aliphatic rings. The van der Waals surface area contributed by atoms with Gasteiger partial charge in [-0.2, -0.15) is 0 Å². The van der Waals surface area contributed by atoms with Crippen LogP contribution in [-0.2, 0) is 11.2 Å². The summed E-state index contributed by atoms with van der Waals surface area (Å²) in [6.45, 7) is 3.86. The average molecular weight is 231 g/mol. The molecule has 0 radical (unpaired) electrons. The number of carbonyl (C=O) groups is 1. The fraction of sp³-hybridized carbons (Fsp3) is 0.231. The Morgan fingerprint density at radius 3 is 2.59 bits per heavy atom. The molecule has 0 saturated heterocycles. The molecule has 0 saturated carbocycles. The summed E-state index contributed by atoms with van der Waals surface area (Å²) < 4.78 is 5.38. The van der Waals surface area contributed by atoms with Crippen LogP contribution in [0.1, 0.15) is 16.7 Å². The van der Waals surface area contributed by atoms with Gasteiger partial charge in [0.15, 0.2) is 11.3 Å². The second-order valence-corrected chi connectivity index (χ2v) is 4.08. The van der Waals surface area contributed by atoms with Crippen LogP contribution in [0.15, 0.2) is 21.3 Å². The number of benzene rings is 1. The Kier molecular flexibility index (Phi) is 2.71. The predicted molar refractivity (Wildman–Crippen MR) is 66.1 cm³/mol. The zero-order valence-electron chi connectivity index (χ0n) is 9.74. The highest BCUT2D eigenvalue weighted by molar-refractivity contribution is 5.81. The van der Waals surface area contributed by atoms with E-state index in [4.69, 9.17) is 10.2 Å². The van der Waals surface area contributed by atoms with E-state index in [1.807, 2.05) is 13.8 Å². The van der Waals surface area contributed by atoms with E-state index in [1.165, 1.54) is 0 Å². The summed E-state index contributed by atoms with van der Waals surface area (Å²) in [5.74, 6) is 0.0258. The number of nitrogens with two attached hydrogens (primary N) is 1. The third-order valence-corrected chi connectivity index (χ3v) is 2.92. The Labute approximate surface area is 98.0 Å². The van der Waals surface area contributed by atoms with Crippen molar-refractivity contribution in [2.45, 2.75) is 20.3 Å². The van der Waals surface area contributed by atoms with Crippen LogP contribution < -0.4 is 11.2 Å². The number of nitrogen functional groups attached to an aromatic ring is 1. The van der Waals surface area contributed by atoms with Crippen molar-refractivity contribution in [1.29, 1.82) is 0 Å². The third kappa shape index (κ3) is 1.82. The largest absolute Gasteiger partial charge is 0.440 e. The molecular weight excluding hydrogens is 218 g/mol. The SMILES string of the molecule is Cc1cc2oc(N)c(CC=O)c(=O)c2cc1C. The van der Waals surface area contributed by atoms with Gasteiger partial charge in [-0.1, -0.05) is 0 Å². The molecule has 2 N–H and O–H groups in total. The molecule has 2 rings (SSSR count). The molecule has 2 aromatic rings. The van der Waals surface area contributed by atoms with E-state index in [0.717, 1.165) is 11.1 Å². The molecule has 0 fully saturated rings. The van der Waals surface area contributed by atoms with Crippen molar-refractivity contribution in [3.05, 3.63) is 39.0 Å². The van der Waals surface area contributed by atoms with Crippen molar-refractivity contribution in [3.8, 4) is 0 Å². The van der Waals surface area contributed by atoms with Gasteiger partial charge in [0.25, 0.3) is 0 Å². The second kappa shape index (κ2) is 4.05. The number of rotatable bonds is 2. The number of hydrogen-bond donors (Lipinski definition) is 1. The maximum atomic E-state index is 12.1. The van der Waals surface area contributed by atoms with E-state index in [2.05, 4.69) is 0 Å². The Bertz CT molecular complexity index is 656. The molecule has 1 aromatic heterocycles. The van der Waals surface area contributed by atoms with Gasteiger partial charge in [0.1, 0.15) is 11.9 Å². The van der Waals surface area contributed by atoms with Gasteiger partial charge in [-0.05, 0) is 37.1 Å². The quantitative estimate of drug-likeness (QED) is 0.799. The zero-order chi connectivity index (χ0) is 12.6. The summed E-state index contributed by atoms with van der Waals surface area (Å²) in [6.07, 6.45) is 0.631. The highest BCUT2D eigenvalue weighted by Gasteiger charge is 2.12. The summed E-state index contributed by atoms with van der Waals surface area (Å²) in [6, 6.07) is 3.55. The number of anilines is 1. The molecule has 4 heteroatoms. The van der Waals surface area contributed by atoms with Crippen molar-refractivity contribution in [1.82, 2.24) is 0 Å². The van der Waals surface area contributed by atoms with Gasteiger partial charge in [0, 0.05) is 6.42 Å². The number of aryl methyl sites for hydroxylation is 2. The van der Waals surface area contributed by atoms with Gasteiger partial charge >= 0.3 is 0 Å². The molecule has 0 atom stereocenters. The molecule has 0 aliphatic heterocycles. The fourth-order valence-electron chi connectivity index (χ4n) is 1.78. The van der Waals surface area contributed by atoms with Crippen molar-refractivity contribution >= 4 is 23.1 Å². The lowest BCUT2D eigenvalue weighted by molar-refractivity contribution is -0.107. The smallest absolute Gasteiger partial charge is 0.198 e. The predicted octanol–water partition coefficient (Wildman–Crippen LogP) is 1.73. The second-order valence-electron chi connectivity index (χ2n) is 4.08. The van der Waals surface area contributed by atoms with Crippen LogP contribution in [0.4, 0.5) is 5.88 Å². The number of hydrogen-bond acceptors (Lipinski definition) is 4. The van der Waals surface area contributed by atoms with Crippen molar-refractivity contribution < 1.29 is 9.21 Å². The van der Waals surface area contributed by atoms with E-state index in [9.17, 15) is 9.59 Å². The minimum atomic E-state index is -0.223. The van der Waals surface area contributed by atoms with Crippen molar-refractivity contribution in [2.24, 2.45) is 0 Å². The first kappa shape index (κ1) is 11.4. The summed E-state index contributed by atoms with van der Waals surface area (Å²) in [5.41, 5.74) is 8.15. The average Bonchev–Trinajstić information content (AvgIpc) is 2.28. The molecule has 4 nitrogen and oxygen atoms in total. The van der Waals surface area contributed by atoms with Crippen LogP contribution in [0.3, 0.4) is 0 Å². The number of aldehydes is 1. The lowest BCUT2D eigenvalue weighted by atomic mass is 10.0. The molecule has 0 bridgehead atoms. The Balaban J connectivity index is 2.87. The zero-order valence-corrected chi connectivity index (χ0v) is 9.74. The minimum absolute atomic E-state index is 0.0168. The third-order valence-electron chi connectivity index (χ3n) is 2.92. The normalized spacial score (nSPS) is 10.7. The number of fused-ring (bicyclic) bond motifs is 1. The van der Waals surface area contributed by atoms with Crippen molar-refractivity contribution in [3.63, 3.8) is 0 Å². The lowest BCUT2D eigenvalue weighted by Crippen LogP contribution is -2.13.